The van der Waals surface area contributed by atoms with Crippen LogP contribution in [-0.2, 0) is 6.42 Å². The van der Waals surface area contributed by atoms with Gasteiger partial charge in [-0.15, -0.1) is 0 Å². The average molecular weight is 283 g/mol. The molecule has 2 N–H and O–H groups in total. The monoisotopic (exact) mass is 282 g/mol. The molecule has 2 atom stereocenters. The third kappa shape index (κ3) is 2.64. The minimum absolute atomic E-state index is 0.306. The van der Waals surface area contributed by atoms with Gasteiger partial charge in [-0.05, 0) is 65.2 Å². The van der Waals surface area contributed by atoms with Gasteiger partial charge in [0.25, 0.3) is 0 Å². The second-order valence-electron chi connectivity index (χ2n) is 5.20. The fraction of sp³-hybridized carbons (Fsp3) is 0.615. The summed E-state index contributed by atoms with van der Waals surface area (Å²) in [7, 11) is 0. The minimum Gasteiger partial charge on any atom is -0.330 e. The molecule has 0 radical (unpaired) electrons. The molecule has 2 rings (SSSR count). The molecule has 0 spiro atoms. The maximum Gasteiger partial charge on any atom is 0.0413 e. The summed E-state index contributed by atoms with van der Waals surface area (Å²) < 4.78 is 1.04. The van der Waals surface area contributed by atoms with Crippen LogP contribution in [0.3, 0.4) is 0 Å². The van der Waals surface area contributed by atoms with Crippen LogP contribution in [0.4, 0.5) is 0 Å². The van der Waals surface area contributed by atoms with Crippen molar-refractivity contribution in [3.63, 3.8) is 0 Å². The first-order valence-electron chi connectivity index (χ1n) is 5.94. The molecule has 2 nitrogen and oxygen atoms in total. The Labute approximate surface area is 106 Å². The van der Waals surface area contributed by atoms with Crippen LogP contribution >= 0.6 is 15.9 Å². The van der Waals surface area contributed by atoms with E-state index in [0.29, 0.717) is 5.41 Å². The van der Waals surface area contributed by atoms with Crippen molar-refractivity contribution < 1.29 is 0 Å². The molecule has 88 valence electrons. The zero-order valence-corrected chi connectivity index (χ0v) is 11.3. The van der Waals surface area contributed by atoms with Gasteiger partial charge in [0.1, 0.15) is 0 Å². The quantitative estimate of drug-likeness (QED) is 0.925. The SMILES string of the molecule is CC1CCC(CN)(Cc2ccc(Br)cn2)C1. The summed E-state index contributed by atoms with van der Waals surface area (Å²) in [4.78, 5) is 4.46. The molecule has 0 bridgehead atoms. The number of nitrogens with zero attached hydrogens (tertiary/aromatic N) is 1. The summed E-state index contributed by atoms with van der Waals surface area (Å²) in [5.41, 5.74) is 7.45. The van der Waals surface area contributed by atoms with Gasteiger partial charge in [-0.2, -0.15) is 0 Å². The topological polar surface area (TPSA) is 38.9 Å². The van der Waals surface area contributed by atoms with Gasteiger partial charge in [0.15, 0.2) is 0 Å². The van der Waals surface area contributed by atoms with Crippen molar-refractivity contribution in [1.82, 2.24) is 4.98 Å². The zero-order valence-electron chi connectivity index (χ0n) is 9.75. The third-order valence-electron chi connectivity index (χ3n) is 3.73. The molecule has 1 fully saturated rings. The van der Waals surface area contributed by atoms with Crippen molar-refractivity contribution in [2.24, 2.45) is 17.1 Å². The molecular formula is C13H19BrN2. The molecule has 1 aromatic heterocycles. The minimum atomic E-state index is 0.306. The molecule has 1 saturated carbocycles. The van der Waals surface area contributed by atoms with Crippen LogP contribution in [-0.4, -0.2) is 11.5 Å². The number of nitrogens with two attached hydrogens (primary N) is 1. The van der Waals surface area contributed by atoms with Crippen molar-refractivity contribution in [3.05, 3.63) is 28.5 Å². The zero-order chi connectivity index (χ0) is 11.6. The average Bonchev–Trinajstić information content (AvgIpc) is 2.64. The van der Waals surface area contributed by atoms with Crippen molar-refractivity contribution in [2.75, 3.05) is 6.54 Å². The van der Waals surface area contributed by atoms with Gasteiger partial charge >= 0.3 is 0 Å². The maximum absolute atomic E-state index is 5.97. The van der Waals surface area contributed by atoms with Crippen LogP contribution in [0.25, 0.3) is 0 Å². The van der Waals surface area contributed by atoms with E-state index in [-0.39, 0.29) is 0 Å². The first-order chi connectivity index (χ1) is 7.63. The van der Waals surface area contributed by atoms with Gasteiger partial charge in [0, 0.05) is 16.4 Å². The van der Waals surface area contributed by atoms with E-state index in [1.165, 1.54) is 25.0 Å². The Bertz CT molecular complexity index is 349. The lowest BCUT2D eigenvalue weighted by molar-refractivity contribution is 0.293. The van der Waals surface area contributed by atoms with E-state index in [1.807, 2.05) is 6.20 Å². The highest BCUT2D eigenvalue weighted by Crippen LogP contribution is 2.43. The number of halogens is 1. The number of aromatic nitrogens is 1. The molecule has 1 aliphatic rings. The maximum atomic E-state index is 5.97. The first-order valence-corrected chi connectivity index (χ1v) is 6.73. The van der Waals surface area contributed by atoms with Gasteiger partial charge in [-0.3, -0.25) is 4.98 Å². The normalized spacial score (nSPS) is 29.6. The Balaban J connectivity index is 2.10. The fourth-order valence-corrected chi connectivity index (χ4v) is 3.04. The molecule has 2 unspecified atom stereocenters. The van der Waals surface area contributed by atoms with Gasteiger partial charge in [-0.25, -0.2) is 0 Å². The highest BCUT2D eigenvalue weighted by molar-refractivity contribution is 9.10. The fourth-order valence-electron chi connectivity index (χ4n) is 2.81. The second kappa shape index (κ2) is 4.84. The largest absolute Gasteiger partial charge is 0.330 e. The molecule has 3 heteroatoms. The summed E-state index contributed by atoms with van der Waals surface area (Å²) in [5, 5.41) is 0. The molecule has 1 aliphatic carbocycles. The summed E-state index contributed by atoms with van der Waals surface area (Å²) in [6.45, 7) is 3.11. The molecule has 0 saturated heterocycles. The molecule has 0 amide bonds. The van der Waals surface area contributed by atoms with Crippen LogP contribution < -0.4 is 5.73 Å². The highest BCUT2D eigenvalue weighted by Gasteiger charge is 2.36. The van der Waals surface area contributed by atoms with Gasteiger partial charge in [-0.1, -0.05) is 13.3 Å². The molecule has 1 aromatic rings. The Morgan fingerprint density at radius 1 is 1.56 bits per heavy atom. The van der Waals surface area contributed by atoms with Crippen molar-refractivity contribution in [3.8, 4) is 0 Å². The standard InChI is InChI=1S/C13H19BrN2/c1-10-4-5-13(6-10,9-15)7-12-3-2-11(14)8-16-12/h2-3,8,10H,4-7,9,15H2,1H3. The van der Waals surface area contributed by atoms with Crippen LogP contribution in [0.5, 0.6) is 0 Å². The first kappa shape index (κ1) is 12.1. The van der Waals surface area contributed by atoms with E-state index in [0.717, 1.165) is 23.4 Å². The molecular weight excluding hydrogens is 264 g/mol. The van der Waals surface area contributed by atoms with E-state index >= 15 is 0 Å². The third-order valence-corrected chi connectivity index (χ3v) is 4.20. The Kier molecular flexibility index (Phi) is 3.65. The molecule has 0 aliphatic heterocycles. The second-order valence-corrected chi connectivity index (χ2v) is 6.11. The predicted octanol–water partition coefficient (Wildman–Crippen LogP) is 3.15. The molecule has 0 aromatic carbocycles. The Morgan fingerprint density at radius 3 is 2.88 bits per heavy atom. The highest BCUT2D eigenvalue weighted by atomic mass is 79.9. The van der Waals surface area contributed by atoms with Crippen LogP contribution in [0, 0.1) is 11.3 Å². The number of rotatable bonds is 3. The number of pyridine rings is 1. The van der Waals surface area contributed by atoms with E-state index in [9.17, 15) is 0 Å². The van der Waals surface area contributed by atoms with Crippen molar-refractivity contribution in [1.29, 1.82) is 0 Å². The van der Waals surface area contributed by atoms with E-state index in [1.54, 1.807) is 0 Å². The predicted molar refractivity (Wildman–Crippen MR) is 70.1 cm³/mol. The van der Waals surface area contributed by atoms with Crippen LogP contribution in [0.1, 0.15) is 31.9 Å². The Morgan fingerprint density at radius 2 is 2.38 bits per heavy atom. The lowest BCUT2D eigenvalue weighted by Gasteiger charge is -2.27. The smallest absolute Gasteiger partial charge is 0.0413 e. The summed E-state index contributed by atoms with van der Waals surface area (Å²) in [5.74, 6) is 0.819. The molecule has 16 heavy (non-hydrogen) atoms. The van der Waals surface area contributed by atoms with E-state index in [4.69, 9.17) is 5.73 Å². The Hall–Kier alpha value is -0.410. The number of hydrogen-bond acceptors (Lipinski definition) is 2. The van der Waals surface area contributed by atoms with Crippen LogP contribution in [0.2, 0.25) is 0 Å². The van der Waals surface area contributed by atoms with Gasteiger partial charge < -0.3 is 5.73 Å². The summed E-state index contributed by atoms with van der Waals surface area (Å²) in [6.07, 6.45) is 6.72. The van der Waals surface area contributed by atoms with Crippen molar-refractivity contribution in [2.45, 2.75) is 32.6 Å². The van der Waals surface area contributed by atoms with Gasteiger partial charge in [0.2, 0.25) is 0 Å². The number of hydrogen-bond donors (Lipinski definition) is 1. The molecule has 1 heterocycles. The van der Waals surface area contributed by atoms with E-state index < -0.39 is 0 Å². The summed E-state index contributed by atoms with van der Waals surface area (Å²) >= 11 is 3.41. The summed E-state index contributed by atoms with van der Waals surface area (Å²) in [6, 6.07) is 4.16. The van der Waals surface area contributed by atoms with E-state index in [2.05, 4.69) is 40.0 Å². The van der Waals surface area contributed by atoms with Crippen LogP contribution in [0.15, 0.2) is 22.8 Å². The van der Waals surface area contributed by atoms with Crippen molar-refractivity contribution >= 4 is 15.9 Å². The lowest BCUT2D eigenvalue weighted by Crippen LogP contribution is -2.30. The lowest BCUT2D eigenvalue weighted by atomic mass is 9.81. The van der Waals surface area contributed by atoms with Gasteiger partial charge in [0.05, 0.1) is 0 Å².